The van der Waals surface area contributed by atoms with E-state index in [0.29, 0.717) is 40.7 Å². The molecule has 1 aromatic heterocycles. The minimum atomic E-state index is -0.971. The first-order valence-electron chi connectivity index (χ1n) is 9.89. The number of hydrogen-bond acceptors (Lipinski definition) is 8. The number of hydrogen-bond donors (Lipinski definition) is 3. The molecule has 0 spiro atoms. The molecule has 3 heterocycles. The number of rotatable bonds is 3. The van der Waals surface area contributed by atoms with E-state index in [0.717, 1.165) is 24.9 Å². The molecule has 4 rings (SSSR count). The van der Waals surface area contributed by atoms with Gasteiger partial charge in [0, 0.05) is 38.1 Å². The molecule has 30 heavy (non-hydrogen) atoms. The summed E-state index contributed by atoms with van der Waals surface area (Å²) in [6.45, 7) is 1.71. The monoisotopic (exact) mass is 424 g/mol. The highest BCUT2D eigenvalue weighted by Crippen LogP contribution is 2.42. The maximum absolute atomic E-state index is 12.3. The molecule has 0 radical (unpaired) electrons. The fourth-order valence-electron chi connectivity index (χ4n) is 3.93. The fraction of sp³-hybridized carbons (Fsp3) is 0.381. The number of nitrogens with two attached hydrogens (primary N) is 1. The lowest BCUT2D eigenvalue weighted by atomic mass is 10.1. The number of thiophene rings is 1. The summed E-state index contributed by atoms with van der Waals surface area (Å²) in [5.74, 6) is 0.350. The highest BCUT2D eigenvalue weighted by atomic mass is 32.1. The summed E-state index contributed by atoms with van der Waals surface area (Å²) in [7, 11) is 1.57. The molecule has 8 nitrogen and oxygen atoms in total. The Morgan fingerprint density at radius 2 is 2.27 bits per heavy atom. The maximum atomic E-state index is 12.3. The molecule has 1 amide bonds. The van der Waals surface area contributed by atoms with Crippen LogP contribution >= 0.6 is 11.3 Å². The van der Waals surface area contributed by atoms with E-state index in [1.807, 2.05) is 18.2 Å². The van der Waals surface area contributed by atoms with Crippen LogP contribution in [0.4, 0.5) is 5.69 Å². The third-order valence-electron chi connectivity index (χ3n) is 5.48. The number of guanidine groups is 1. The zero-order chi connectivity index (χ0) is 21.3. The second-order valence-corrected chi connectivity index (χ2v) is 8.38. The average molecular weight is 425 g/mol. The zero-order valence-corrected chi connectivity index (χ0v) is 17.5. The van der Waals surface area contributed by atoms with E-state index in [9.17, 15) is 15.2 Å². The number of amides is 1. The first-order valence-corrected chi connectivity index (χ1v) is 10.8. The largest absolute Gasteiger partial charge is 0.368 e. The van der Waals surface area contributed by atoms with Crippen molar-refractivity contribution in [1.82, 2.24) is 15.1 Å². The van der Waals surface area contributed by atoms with E-state index in [4.69, 9.17) is 10.7 Å². The van der Waals surface area contributed by atoms with E-state index in [1.165, 1.54) is 11.3 Å². The Kier molecular flexibility index (Phi) is 5.72. The number of aliphatic imine (C=N–C) groups is 1. The van der Waals surface area contributed by atoms with Crippen LogP contribution in [0.2, 0.25) is 0 Å². The normalized spacial score (nSPS) is 20.9. The van der Waals surface area contributed by atoms with Crippen molar-refractivity contribution in [3.63, 3.8) is 0 Å². The molecule has 9 heteroatoms. The minimum absolute atomic E-state index is 0.0223. The standard InChI is InChI=1S/C21H24N6O2S/c1-24-19(28)16-12-30-18-17(16)25-21(26-8-4-7-15(23)11-26)27(20(18)29)10-14-6-3-2-5-13(14)9-22/h2-3,5-6,12,15,20,29H,4,7-8,10-11,23H2,1H3,(H,24,28)/t15-,20?/m1/s1. The van der Waals surface area contributed by atoms with Crippen molar-refractivity contribution in [1.29, 1.82) is 5.26 Å². The summed E-state index contributed by atoms with van der Waals surface area (Å²) in [6, 6.07) is 9.58. The molecule has 156 valence electrons. The number of fused-ring (bicyclic) bond motifs is 1. The molecule has 2 aliphatic rings. The summed E-state index contributed by atoms with van der Waals surface area (Å²) in [5.41, 5.74) is 8.52. The number of aliphatic hydroxyl groups is 1. The Bertz CT molecular complexity index is 1030. The Labute approximate surface area is 179 Å². The minimum Gasteiger partial charge on any atom is -0.368 e. The number of nitrogens with one attached hydrogen (secondary N) is 1. The SMILES string of the molecule is CNC(=O)c1csc2c1N=C(N1CCC[C@@H](N)C1)N(Cc1ccccc1C#N)C2O. The van der Waals surface area contributed by atoms with Crippen molar-refractivity contribution in [2.45, 2.75) is 31.7 Å². The Morgan fingerprint density at radius 3 is 3.00 bits per heavy atom. The molecule has 1 fully saturated rings. The van der Waals surface area contributed by atoms with Gasteiger partial charge in [0.05, 0.1) is 27.8 Å². The van der Waals surface area contributed by atoms with Crippen LogP contribution in [-0.4, -0.2) is 53.0 Å². The van der Waals surface area contributed by atoms with Gasteiger partial charge >= 0.3 is 0 Å². The predicted octanol–water partition coefficient (Wildman–Crippen LogP) is 1.90. The molecule has 0 bridgehead atoms. The van der Waals surface area contributed by atoms with Crippen LogP contribution in [-0.2, 0) is 6.54 Å². The maximum Gasteiger partial charge on any atom is 0.254 e. The molecule has 2 aliphatic heterocycles. The number of carbonyl (C=O) groups excluding carboxylic acids is 1. The first kappa shape index (κ1) is 20.3. The molecule has 4 N–H and O–H groups in total. The second-order valence-electron chi connectivity index (χ2n) is 7.47. The highest BCUT2D eigenvalue weighted by molar-refractivity contribution is 7.11. The molecular weight excluding hydrogens is 400 g/mol. The molecule has 0 saturated carbocycles. The van der Waals surface area contributed by atoms with Gasteiger partial charge in [-0.15, -0.1) is 11.3 Å². The van der Waals surface area contributed by atoms with Crippen LogP contribution in [0.15, 0.2) is 34.6 Å². The van der Waals surface area contributed by atoms with Gasteiger partial charge in [0.1, 0.15) is 0 Å². The summed E-state index contributed by atoms with van der Waals surface area (Å²) in [4.78, 5) is 21.6. The van der Waals surface area contributed by atoms with Gasteiger partial charge in [0.25, 0.3) is 5.91 Å². The molecule has 1 aromatic carbocycles. The Balaban J connectivity index is 1.78. The van der Waals surface area contributed by atoms with Gasteiger partial charge in [-0.2, -0.15) is 5.26 Å². The van der Waals surface area contributed by atoms with E-state index < -0.39 is 6.23 Å². The number of benzene rings is 1. The number of likely N-dealkylation sites (tertiary alicyclic amines) is 1. The number of carbonyl (C=O) groups is 1. The van der Waals surface area contributed by atoms with E-state index >= 15 is 0 Å². The van der Waals surface area contributed by atoms with Gasteiger partial charge in [-0.25, -0.2) is 4.99 Å². The third kappa shape index (κ3) is 3.65. The van der Waals surface area contributed by atoms with Gasteiger partial charge in [0.15, 0.2) is 6.23 Å². The molecule has 2 aromatic rings. The van der Waals surface area contributed by atoms with Crippen molar-refractivity contribution >= 4 is 28.9 Å². The summed E-state index contributed by atoms with van der Waals surface area (Å²) in [5, 5.41) is 25.1. The van der Waals surface area contributed by atoms with Gasteiger partial charge in [-0.05, 0) is 24.5 Å². The van der Waals surface area contributed by atoms with Crippen molar-refractivity contribution in [2.75, 3.05) is 20.1 Å². The summed E-state index contributed by atoms with van der Waals surface area (Å²) in [6.07, 6.45) is 0.898. The Hall–Kier alpha value is -2.93. The lowest BCUT2D eigenvalue weighted by Gasteiger charge is -2.42. The van der Waals surface area contributed by atoms with E-state index in [2.05, 4.69) is 16.3 Å². The van der Waals surface area contributed by atoms with Crippen molar-refractivity contribution < 1.29 is 9.90 Å². The van der Waals surface area contributed by atoms with Crippen LogP contribution in [0.5, 0.6) is 0 Å². The first-order chi connectivity index (χ1) is 14.5. The lowest BCUT2D eigenvalue weighted by Crippen LogP contribution is -2.53. The quantitative estimate of drug-likeness (QED) is 0.693. The van der Waals surface area contributed by atoms with Crippen LogP contribution in [0.3, 0.4) is 0 Å². The van der Waals surface area contributed by atoms with Crippen molar-refractivity contribution in [3.05, 3.63) is 51.2 Å². The van der Waals surface area contributed by atoms with Gasteiger partial charge < -0.3 is 26.0 Å². The van der Waals surface area contributed by atoms with Gasteiger partial charge in [-0.1, -0.05) is 18.2 Å². The van der Waals surface area contributed by atoms with Crippen molar-refractivity contribution in [2.24, 2.45) is 10.7 Å². The topological polar surface area (TPSA) is 118 Å². The molecule has 2 atom stereocenters. The van der Waals surface area contributed by atoms with Crippen molar-refractivity contribution in [3.8, 4) is 6.07 Å². The second kappa shape index (κ2) is 8.44. The van der Waals surface area contributed by atoms with Crippen LogP contribution in [0, 0.1) is 11.3 Å². The highest BCUT2D eigenvalue weighted by Gasteiger charge is 2.36. The van der Waals surface area contributed by atoms with Crippen LogP contribution in [0.1, 0.15) is 45.4 Å². The molecule has 0 aliphatic carbocycles. The lowest BCUT2D eigenvalue weighted by molar-refractivity contribution is 0.0361. The number of piperidine rings is 1. The number of aliphatic hydroxyl groups excluding tert-OH is 1. The molecule has 1 unspecified atom stereocenters. The molecular formula is C21H24N6O2S. The number of nitriles is 1. The van der Waals surface area contributed by atoms with Gasteiger partial charge in [0.2, 0.25) is 5.96 Å². The third-order valence-corrected chi connectivity index (χ3v) is 6.49. The molecule has 1 saturated heterocycles. The van der Waals surface area contributed by atoms with Gasteiger partial charge in [-0.3, -0.25) is 4.79 Å². The van der Waals surface area contributed by atoms with Crippen LogP contribution < -0.4 is 11.1 Å². The average Bonchev–Trinajstić information content (AvgIpc) is 3.19. The number of nitrogens with zero attached hydrogens (tertiary/aromatic N) is 4. The fourth-order valence-corrected chi connectivity index (χ4v) is 4.91. The predicted molar refractivity (Wildman–Crippen MR) is 115 cm³/mol. The summed E-state index contributed by atoms with van der Waals surface area (Å²) < 4.78 is 0. The summed E-state index contributed by atoms with van der Waals surface area (Å²) >= 11 is 1.31. The smallest absolute Gasteiger partial charge is 0.254 e. The van der Waals surface area contributed by atoms with E-state index in [1.54, 1.807) is 23.4 Å². The van der Waals surface area contributed by atoms with E-state index in [-0.39, 0.29) is 11.9 Å². The zero-order valence-electron chi connectivity index (χ0n) is 16.7. The Morgan fingerprint density at radius 1 is 1.47 bits per heavy atom. The van der Waals surface area contributed by atoms with Crippen LogP contribution in [0.25, 0.3) is 0 Å².